The minimum atomic E-state index is -3.90. The van der Waals surface area contributed by atoms with Gasteiger partial charge >= 0.3 is 0 Å². The van der Waals surface area contributed by atoms with E-state index in [0.29, 0.717) is 17.9 Å². The van der Waals surface area contributed by atoms with Crippen molar-refractivity contribution >= 4 is 10.0 Å². The lowest BCUT2D eigenvalue weighted by Gasteiger charge is -2.09. The Bertz CT molecular complexity index is 665. The lowest BCUT2D eigenvalue weighted by Crippen LogP contribution is -2.18. The number of nitrogens with zero attached hydrogens (tertiary/aromatic N) is 3. The van der Waals surface area contributed by atoms with Gasteiger partial charge in [-0.05, 0) is 18.6 Å². The second kappa shape index (κ2) is 6.15. The third kappa shape index (κ3) is 3.23. The molecule has 0 saturated heterocycles. The number of sulfonamides is 1. The smallest absolute Gasteiger partial charge is 0.269 e. The third-order valence-corrected chi connectivity index (χ3v) is 3.75. The summed E-state index contributed by atoms with van der Waals surface area (Å²) in [5.74, 6) is 0.619. The summed E-state index contributed by atoms with van der Waals surface area (Å²) in [5, 5.41) is 12.7. The van der Waals surface area contributed by atoms with Crippen LogP contribution in [0.15, 0.2) is 35.5 Å². The molecule has 0 unspecified atom stereocenters. The van der Waals surface area contributed by atoms with Gasteiger partial charge in [0.05, 0.1) is 0 Å². The second-order valence-corrected chi connectivity index (χ2v) is 6.03. The first-order valence-electron chi connectivity index (χ1n) is 6.56. The molecule has 108 valence electrons. The van der Waals surface area contributed by atoms with Crippen LogP contribution in [0.1, 0.15) is 32.0 Å². The number of aryl methyl sites for hydroxylation is 1. The van der Waals surface area contributed by atoms with Gasteiger partial charge in [-0.15, -0.1) is 10.2 Å². The van der Waals surface area contributed by atoms with Gasteiger partial charge < -0.3 is 0 Å². The lowest BCUT2D eigenvalue weighted by molar-refractivity contribution is 0.583. The van der Waals surface area contributed by atoms with E-state index in [-0.39, 0.29) is 5.16 Å². The van der Waals surface area contributed by atoms with Crippen molar-refractivity contribution in [1.29, 1.82) is 0 Å². The molecule has 20 heavy (non-hydrogen) atoms. The Labute approximate surface area is 118 Å². The fourth-order valence-electron chi connectivity index (χ4n) is 2.02. The Kier molecular flexibility index (Phi) is 4.51. The van der Waals surface area contributed by atoms with Crippen LogP contribution in [0, 0.1) is 0 Å². The standard InChI is InChI=1S/C13H18N4O2S/c1-2-3-5-10-12-15-16-13(20(14,18)19)17(12)11-8-6-4-7-9-11/h4,6-9H,2-3,5,10H2,1H3,(H2,14,18,19). The summed E-state index contributed by atoms with van der Waals surface area (Å²) in [6.07, 6.45) is 3.76. The van der Waals surface area contributed by atoms with Crippen LogP contribution in [0.3, 0.4) is 0 Å². The highest BCUT2D eigenvalue weighted by atomic mass is 32.2. The largest absolute Gasteiger partial charge is 0.274 e. The molecular weight excluding hydrogens is 276 g/mol. The fraction of sp³-hybridized carbons (Fsp3) is 0.385. The Morgan fingerprint density at radius 3 is 2.45 bits per heavy atom. The minimum Gasteiger partial charge on any atom is -0.269 e. The zero-order valence-corrected chi connectivity index (χ0v) is 12.2. The Balaban J connectivity index is 2.46. The van der Waals surface area contributed by atoms with Crippen molar-refractivity contribution < 1.29 is 8.42 Å². The fourth-order valence-corrected chi connectivity index (χ4v) is 2.64. The predicted octanol–water partition coefficient (Wildman–Crippen LogP) is 1.65. The van der Waals surface area contributed by atoms with Gasteiger partial charge in [-0.25, -0.2) is 13.6 Å². The summed E-state index contributed by atoms with van der Waals surface area (Å²) in [6, 6.07) is 9.14. The summed E-state index contributed by atoms with van der Waals surface area (Å²) in [7, 11) is -3.90. The van der Waals surface area contributed by atoms with Crippen molar-refractivity contribution in [3.63, 3.8) is 0 Å². The number of hydrogen-bond acceptors (Lipinski definition) is 4. The molecule has 0 aliphatic carbocycles. The van der Waals surface area contributed by atoms with Crippen molar-refractivity contribution in [3.8, 4) is 5.69 Å². The molecule has 6 nitrogen and oxygen atoms in total. The monoisotopic (exact) mass is 294 g/mol. The molecule has 0 aliphatic rings. The van der Waals surface area contributed by atoms with Gasteiger partial charge in [0.25, 0.3) is 15.2 Å². The average molecular weight is 294 g/mol. The number of nitrogens with two attached hydrogens (primary N) is 1. The molecular formula is C13H18N4O2S. The molecule has 0 atom stereocenters. The van der Waals surface area contributed by atoms with E-state index in [1.807, 2.05) is 18.2 Å². The van der Waals surface area contributed by atoms with Crippen molar-refractivity contribution in [3.05, 3.63) is 36.2 Å². The zero-order chi connectivity index (χ0) is 14.6. The molecule has 7 heteroatoms. The van der Waals surface area contributed by atoms with Gasteiger partial charge in [0.1, 0.15) is 5.82 Å². The first-order chi connectivity index (χ1) is 9.54. The van der Waals surface area contributed by atoms with Gasteiger partial charge in [-0.1, -0.05) is 38.0 Å². The molecule has 2 aromatic rings. The van der Waals surface area contributed by atoms with Gasteiger partial charge in [0.15, 0.2) is 0 Å². The van der Waals surface area contributed by atoms with Crippen LogP contribution in [0.25, 0.3) is 5.69 Å². The number of benzene rings is 1. The van der Waals surface area contributed by atoms with Gasteiger partial charge in [0, 0.05) is 12.1 Å². The molecule has 0 saturated carbocycles. The van der Waals surface area contributed by atoms with E-state index in [9.17, 15) is 8.42 Å². The highest BCUT2D eigenvalue weighted by Gasteiger charge is 2.21. The van der Waals surface area contributed by atoms with Crippen LogP contribution in [0.5, 0.6) is 0 Å². The molecule has 1 aromatic carbocycles. The maximum Gasteiger partial charge on any atom is 0.274 e. The Hall–Kier alpha value is -1.73. The maximum atomic E-state index is 11.6. The van der Waals surface area contributed by atoms with E-state index in [1.165, 1.54) is 4.57 Å². The number of hydrogen-bond donors (Lipinski definition) is 1. The van der Waals surface area contributed by atoms with Crippen LogP contribution >= 0.6 is 0 Å². The molecule has 2 rings (SSSR count). The second-order valence-electron chi connectivity index (χ2n) is 4.57. The molecule has 0 fully saturated rings. The molecule has 1 heterocycles. The van der Waals surface area contributed by atoms with Crippen LogP contribution < -0.4 is 5.14 Å². The van der Waals surface area contributed by atoms with Crippen LogP contribution in [0.2, 0.25) is 0 Å². The van der Waals surface area contributed by atoms with E-state index in [0.717, 1.165) is 19.3 Å². The maximum absolute atomic E-state index is 11.6. The van der Waals surface area contributed by atoms with E-state index < -0.39 is 10.0 Å². The summed E-state index contributed by atoms with van der Waals surface area (Å²) in [5.41, 5.74) is 0.702. The number of primary sulfonamides is 1. The average Bonchev–Trinajstić information content (AvgIpc) is 2.84. The predicted molar refractivity (Wildman–Crippen MR) is 76.0 cm³/mol. The van der Waals surface area contributed by atoms with Crippen LogP contribution in [-0.4, -0.2) is 23.2 Å². The lowest BCUT2D eigenvalue weighted by atomic mass is 10.2. The molecule has 0 radical (unpaired) electrons. The molecule has 0 spiro atoms. The van der Waals surface area contributed by atoms with Gasteiger partial charge in [-0.3, -0.25) is 4.57 Å². The molecule has 0 amide bonds. The Morgan fingerprint density at radius 2 is 1.85 bits per heavy atom. The van der Waals surface area contributed by atoms with Gasteiger partial charge in [-0.2, -0.15) is 0 Å². The number of rotatable bonds is 6. The first-order valence-corrected chi connectivity index (χ1v) is 8.11. The third-order valence-electron chi connectivity index (χ3n) is 2.97. The van der Waals surface area contributed by atoms with Crippen molar-refractivity contribution in [1.82, 2.24) is 14.8 Å². The first kappa shape index (κ1) is 14.7. The van der Waals surface area contributed by atoms with Gasteiger partial charge in [0.2, 0.25) is 0 Å². The van der Waals surface area contributed by atoms with E-state index in [2.05, 4.69) is 17.1 Å². The summed E-state index contributed by atoms with van der Waals surface area (Å²) in [4.78, 5) is 0. The van der Waals surface area contributed by atoms with Crippen LogP contribution in [0.4, 0.5) is 0 Å². The topological polar surface area (TPSA) is 90.9 Å². The van der Waals surface area contributed by atoms with E-state index in [4.69, 9.17) is 5.14 Å². The number of aromatic nitrogens is 3. The number of para-hydroxylation sites is 1. The summed E-state index contributed by atoms with van der Waals surface area (Å²) < 4.78 is 24.8. The van der Waals surface area contributed by atoms with Crippen molar-refractivity contribution in [2.45, 2.75) is 37.8 Å². The highest BCUT2D eigenvalue weighted by Crippen LogP contribution is 2.17. The van der Waals surface area contributed by atoms with Crippen molar-refractivity contribution in [2.24, 2.45) is 5.14 Å². The summed E-state index contributed by atoms with van der Waals surface area (Å²) in [6.45, 7) is 2.11. The van der Waals surface area contributed by atoms with Crippen LogP contribution in [-0.2, 0) is 16.4 Å². The highest BCUT2D eigenvalue weighted by molar-refractivity contribution is 7.89. The molecule has 2 N–H and O–H groups in total. The van der Waals surface area contributed by atoms with E-state index >= 15 is 0 Å². The number of unbranched alkanes of at least 4 members (excludes halogenated alkanes) is 2. The molecule has 1 aromatic heterocycles. The molecule has 0 bridgehead atoms. The normalized spacial score (nSPS) is 11.7. The van der Waals surface area contributed by atoms with Crippen molar-refractivity contribution in [2.75, 3.05) is 0 Å². The van der Waals surface area contributed by atoms with E-state index in [1.54, 1.807) is 12.1 Å². The summed E-state index contributed by atoms with van der Waals surface area (Å²) >= 11 is 0. The quantitative estimate of drug-likeness (QED) is 0.820. The zero-order valence-electron chi connectivity index (χ0n) is 11.4. The Morgan fingerprint density at radius 1 is 1.15 bits per heavy atom. The minimum absolute atomic E-state index is 0.213. The SMILES string of the molecule is CCCCCc1nnc(S(N)(=O)=O)n1-c1ccccc1. The molecule has 0 aliphatic heterocycles.